The Bertz CT molecular complexity index is 12.8. The minimum atomic E-state index is -1.37. The van der Waals surface area contributed by atoms with Gasteiger partial charge in [-0.2, -0.15) is 0 Å². The molecule has 4 heavy (non-hydrogen) atoms. The van der Waals surface area contributed by atoms with Crippen molar-refractivity contribution in [3.05, 3.63) is 0 Å². The van der Waals surface area contributed by atoms with E-state index in [1.54, 1.807) is 0 Å². The third kappa shape index (κ3) is 9.35. The Labute approximate surface area is 43.4 Å². The van der Waals surface area contributed by atoms with Crippen LogP contribution in [0.4, 0.5) is 0 Å². The summed E-state index contributed by atoms with van der Waals surface area (Å²) in [6.45, 7) is 0. The molecule has 0 aromatic heterocycles. The molecule has 0 saturated heterocycles. The van der Waals surface area contributed by atoms with E-state index in [1.165, 1.54) is 0 Å². The quantitative estimate of drug-likeness (QED) is 0.591. The number of hydrogen-bond donors (Lipinski definition) is 0. The Morgan fingerprint density at radius 3 is 2.00 bits per heavy atom. The fourth-order valence-corrected chi connectivity index (χ4v) is 0. The topological polar surface area (TPSA) is 0 Å². The van der Waals surface area contributed by atoms with Crippen LogP contribution in [-0.2, 0) is 0 Å². The Morgan fingerprint density at radius 2 is 2.00 bits per heavy atom. The molecule has 0 aliphatic heterocycles. The van der Waals surface area contributed by atoms with E-state index in [0.717, 1.165) is 0 Å². The van der Waals surface area contributed by atoms with Gasteiger partial charge in [-0.05, 0) is 0 Å². The molecule has 0 unspecified atom stereocenters. The summed E-state index contributed by atoms with van der Waals surface area (Å²) in [5.74, 6) is 0. The summed E-state index contributed by atoms with van der Waals surface area (Å²) in [4.78, 5) is 0. The van der Waals surface area contributed by atoms with Crippen LogP contribution in [-0.4, -0.2) is 19.1 Å². The monoisotopic (exact) mass is 337 g/mol. The van der Waals surface area contributed by atoms with Crippen molar-refractivity contribution in [2.24, 2.45) is 0 Å². The van der Waals surface area contributed by atoms with E-state index in [9.17, 15) is 0 Å². The zero-order valence-corrected chi connectivity index (χ0v) is 8.49. The Kier molecular flexibility index (Phi) is 4.13. The fourth-order valence-electron chi connectivity index (χ4n) is 0. The van der Waals surface area contributed by atoms with Crippen LogP contribution in [0.5, 0.6) is 0 Å². The van der Waals surface area contributed by atoms with E-state index in [1.807, 2.05) is 0 Å². The average molecular weight is 338 g/mol. The molecule has 0 nitrogen and oxygen atoms in total. The maximum absolute atomic E-state index is 5.40. The van der Waals surface area contributed by atoms with E-state index in [2.05, 4.69) is 16.5 Å². The predicted molar refractivity (Wildman–Crippen MR) is 26.4 cm³/mol. The van der Waals surface area contributed by atoms with Crippen LogP contribution in [0.1, 0.15) is 0 Å². The van der Waals surface area contributed by atoms with Crippen LogP contribution in [0.3, 0.4) is 0 Å². The van der Waals surface area contributed by atoms with Gasteiger partial charge in [0.1, 0.15) is 0 Å². The summed E-state index contributed by atoms with van der Waals surface area (Å²) >= 11 is 1.88. The second kappa shape index (κ2) is 2.91. The van der Waals surface area contributed by atoms with Gasteiger partial charge in [-0.15, -0.1) is 0 Å². The Balaban J connectivity index is 2.32. The molecule has 25 valence electrons. The predicted octanol–water partition coefficient (Wildman–Crippen LogP) is 1.74. The first-order valence-corrected chi connectivity index (χ1v) is 18.0. The summed E-state index contributed by atoms with van der Waals surface area (Å²) in [6, 6.07) is 0. The molecule has 0 aliphatic rings. The van der Waals surface area contributed by atoms with Crippen molar-refractivity contribution in [1.82, 2.24) is 0 Å². The van der Waals surface area contributed by atoms with Crippen molar-refractivity contribution in [3.8, 4) is 0 Å². The SMILES string of the molecule is [CH3][Pb]([Cl])[Br]. The zero-order chi connectivity index (χ0) is 3.58. The molecule has 0 heterocycles. The van der Waals surface area contributed by atoms with Crippen molar-refractivity contribution in [2.45, 2.75) is 4.48 Å². The molecular weight excluding hydrogens is 335 g/mol. The van der Waals surface area contributed by atoms with Gasteiger partial charge < -0.3 is 0 Å². The van der Waals surface area contributed by atoms with Gasteiger partial charge in [-0.25, -0.2) is 0 Å². The van der Waals surface area contributed by atoms with Gasteiger partial charge >= 0.3 is 43.9 Å². The Morgan fingerprint density at radius 1 is 2.00 bits per heavy atom. The van der Waals surface area contributed by atoms with Crippen molar-refractivity contribution in [2.75, 3.05) is 0 Å². The maximum atomic E-state index is 5.40. The third-order valence-corrected chi connectivity index (χ3v) is 0. The van der Waals surface area contributed by atoms with Gasteiger partial charge in [-0.3, -0.25) is 0 Å². The van der Waals surface area contributed by atoms with Gasteiger partial charge in [0.05, 0.1) is 0 Å². The number of hydrogen-bond acceptors (Lipinski definition) is 0. The standard InChI is InChI=1S/CH3.BrH.ClH.Pb/h1H3;2*1H;/q;;;+2/p-2. The molecule has 0 bridgehead atoms. The van der Waals surface area contributed by atoms with Crippen molar-refractivity contribution in [1.29, 1.82) is 0 Å². The van der Waals surface area contributed by atoms with Gasteiger partial charge in [-0.1, -0.05) is 0 Å². The molecule has 0 spiro atoms. The van der Waals surface area contributed by atoms with Crippen molar-refractivity contribution >= 4 is 39.4 Å². The van der Waals surface area contributed by atoms with Gasteiger partial charge in [0.15, 0.2) is 0 Å². The molecule has 0 aliphatic carbocycles. The molecule has 0 atom stereocenters. The minimum absolute atomic E-state index is 1.37. The summed E-state index contributed by atoms with van der Waals surface area (Å²) in [5.41, 5.74) is 0. The van der Waals surface area contributed by atoms with Crippen molar-refractivity contribution in [3.63, 3.8) is 0 Å². The summed E-state index contributed by atoms with van der Waals surface area (Å²) in [5, 5.41) is 0. The van der Waals surface area contributed by atoms with E-state index in [0.29, 0.717) is 0 Å². The van der Waals surface area contributed by atoms with Crippen LogP contribution in [0.2, 0.25) is 4.48 Å². The van der Waals surface area contributed by atoms with Gasteiger partial charge in [0, 0.05) is 0 Å². The van der Waals surface area contributed by atoms with Crippen LogP contribution in [0.15, 0.2) is 0 Å². The first-order valence-electron chi connectivity index (χ1n) is 0.878. The normalized spacial score (nSPS) is 9.00. The molecule has 1 radical (unpaired) electrons. The van der Waals surface area contributed by atoms with Crippen molar-refractivity contribution < 1.29 is 0 Å². The molecule has 0 aromatic carbocycles. The van der Waals surface area contributed by atoms with Crippen LogP contribution in [0, 0.1) is 0 Å². The molecule has 0 aromatic rings. The third-order valence-electron chi connectivity index (χ3n) is 0. The number of rotatable bonds is 0. The summed E-state index contributed by atoms with van der Waals surface area (Å²) < 4.78 is 2.06. The summed E-state index contributed by atoms with van der Waals surface area (Å²) in [7, 11) is 5.40. The summed E-state index contributed by atoms with van der Waals surface area (Å²) in [6.07, 6.45) is 0. The van der Waals surface area contributed by atoms with Gasteiger partial charge in [0.25, 0.3) is 0 Å². The van der Waals surface area contributed by atoms with Crippen LogP contribution in [0.25, 0.3) is 0 Å². The first kappa shape index (κ1) is 5.69. The molecule has 3 heteroatoms. The van der Waals surface area contributed by atoms with Crippen LogP contribution < -0.4 is 0 Å². The van der Waals surface area contributed by atoms with E-state index in [4.69, 9.17) is 8.32 Å². The van der Waals surface area contributed by atoms with Gasteiger partial charge in [0.2, 0.25) is 0 Å². The Hall–Kier alpha value is 1.69. The van der Waals surface area contributed by atoms with E-state index in [-0.39, 0.29) is 0 Å². The fraction of sp³-hybridized carbons (Fsp3) is 1.00. The molecule has 0 fully saturated rings. The number of halogens is 2. The molecule has 0 rings (SSSR count). The second-order valence-corrected chi connectivity index (χ2v) is 23.4. The van der Waals surface area contributed by atoms with Crippen LogP contribution >= 0.6 is 20.3 Å². The second-order valence-electron chi connectivity index (χ2n) is 0.449. The zero-order valence-electron chi connectivity index (χ0n) is 2.26. The van der Waals surface area contributed by atoms with E-state index >= 15 is 0 Å². The molecule has 0 saturated carbocycles. The average Bonchev–Trinajstić information content (AvgIpc) is 0.811. The molecule has 0 amide bonds. The van der Waals surface area contributed by atoms with E-state index < -0.39 is 19.1 Å². The first-order chi connectivity index (χ1) is 1.73. The molecule has 0 N–H and O–H groups in total. The molecular formula is CH3BrClPb.